The van der Waals surface area contributed by atoms with Gasteiger partial charge in [0.25, 0.3) is 0 Å². The van der Waals surface area contributed by atoms with Gasteiger partial charge in [0, 0.05) is 23.3 Å². The van der Waals surface area contributed by atoms with E-state index in [0.717, 1.165) is 11.4 Å². The van der Waals surface area contributed by atoms with Crippen molar-refractivity contribution in [1.29, 1.82) is 0 Å². The fraction of sp³-hybridized carbons (Fsp3) is 0.214. The molecule has 0 fully saturated rings. The lowest BCUT2D eigenvalue weighted by Crippen LogP contribution is -2.08. The minimum absolute atomic E-state index is 0.110. The molecule has 2 aromatic rings. The van der Waals surface area contributed by atoms with Crippen molar-refractivity contribution in [2.75, 3.05) is 5.32 Å². The second kappa shape index (κ2) is 6.52. The first-order valence-corrected chi connectivity index (χ1v) is 6.33. The molecule has 3 nitrogen and oxygen atoms in total. The largest absolute Gasteiger partial charge is 0.434 e. The Hall–Kier alpha value is -1.88. The van der Waals surface area contributed by atoms with Crippen LogP contribution in [0.2, 0.25) is 5.02 Å². The van der Waals surface area contributed by atoms with Gasteiger partial charge in [-0.1, -0.05) is 11.6 Å². The zero-order valence-corrected chi connectivity index (χ0v) is 11.5. The molecule has 0 saturated carbocycles. The summed E-state index contributed by atoms with van der Waals surface area (Å²) in [6.07, 6.45) is 1.69. The molecule has 0 aliphatic rings. The lowest BCUT2D eigenvalue weighted by molar-refractivity contribution is -0.0504. The Labute approximate surface area is 120 Å². The number of hydrogen-bond donors (Lipinski definition) is 1. The summed E-state index contributed by atoms with van der Waals surface area (Å²) in [6.45, 7) is -0.693. The van der Waals surface area contributed by atoms with Crippen molar-refractivity contribution in [1.82, 2.24) is 4.98 Å². The van der Waals surface area contributed by atoms with Crippen LogP contribution in [0.25, 0.3) is 0 Å². The summed E-state index contributed by atoms with van der Waals surface area (Å²) in [5.74, 6) is 0.110. The molecule has 1 heterocycles. The lowest BCUT2D eigenvalue weighted by atomic mass is 10.2. The number of rotatable bonds is 5. The number of anilines is 1. The zero-order chi connectivity index (χ0) is 14.5. The summed E-state index contributed by atoms with van der Waals surface area (Å²) in [5, 5.41) is 3.59. The molecule has 106 valence electrons. The van der Waals surface area contributed by atoms with Crippen LogP contribution >= 0.6 is 11.6 Å². The monoisotopic (exact) mass is 298 g/mol. The van der Waals surface area contributed by atoms with E-state index in [4.69, 9.17) is 11.6 Å². The van der Waals surface area contributed by atoms with Crippen LogP contribution in [0.15, 0.2) is 36.5 Å². The lowest BCUT2D eigenvalue weighted by Gasteiger charge is -2.13. The normalized spacial score (nSPS) is 10.7. The van der Waals surface area contributed by atoms with Crippen molar-refractivity contribution < 1.29 is 13.5 Å². The fourth-order valence-electron chi connectivity index (χ4n) is 1.76. The van der Waals surface area contributed by atoms with E-state index in [1.165, 1.54) is 12.1 Å². The average molecular weight is 299 g/mol. The quantitative estimate of drug-likeness (QED) is 0.895. The Bertz CT molecular complexity index is 593. The van der Waals surface area contributed by atoms with Crippen molar-refractivity contribution in [3.05, 3.63) is 52.8 Å². The number of pyridine rings is 1. The predicted molar refractivity (Wildman–Crippen MR) is 74.4 cm³/mol. The minimum atomic E-state index is -2.87. The number of aromatic nitrogens is 1. The molecule has 0 radical (unpaired) electrons. The standard InChI is InChI=1S/C14H13ClF2N2O/c1-9-12(3-2-6-18-9)19-8-10-7-11(15)4-5-13(10)20-14(16)17/h2-7,14,19H,8H2,1H3. The van der Waals surface area contributed by atoms with E-state index in [0.29, 0.717) is 17.1 Å². The first-order valence-electron chi connectivity index (χ1n) is 5.95. The molecule has 0 aliphatic carbocycles. The molecule has 0 unspecified atom stereocenters. The third-order valence-corrected chi connectivity index (χ3v) is 2.95. The van der Waals surface area contributed by atoms with Crippen LogP contribution in [0.5, 0.6) is 5.75 Å². The number of nitrogens with one attached hydrogen (secondary N) is 1. The molecule has 0 saturated heterocycles. The number of alkyl halides is 2. The molecule has 0 amide bonds. The number of benzene rings is 1. The Balaban J connectivity index is 2.16. The van der Waals surface area contributed by atoms with Gasteiger partial charge >= 0.3 is 6.61 Å². The summed E-state index contributed by atoms with van der Waals surface area (Å²) in [7, 11) is 0. The van der Waals surface area contributed by atoms with Crippen LogP contribution in [-0.2, 0) is 6.54 Å². The van der Waals surface area contributed by atoms with E-state index in [1.807, 2.05) is 13.0 Å². The SMILES string of the molecule is Cc1ncccc1NCc1cc(Cl)ccc1OC(F)F. The summed E-state index contributed by atoms with van der Waals surface area (Å²) < 4.78 is 29.2. The molecule has 0 bridgehead atoms. The molecule has 20 heavy (non-hydrogen) atoms. The second-order valence-corrected chi connectivity index (χ2v) is 4.56. The van der Waals surface area contributed by atoms with Gasteiger partial charge < -0.3 is 10.1 Å². The number of hydrogen-bond acceptors (Lipinski definition) is 3. The summed E-state index contributed by atoms with van der Waals surface area (Å²) in [4.78, 5) is 4.14. The highest BCUT2D eigenvalue weighted by molar-refractivity contribution is 6.30. The topological polar surface area (TPSA) is 34.2 Å². The van der Waals surface area contributed by atoms with Gasteiger partial charge in [0.1, 0.15) is 5.75 Å². The van der Waals surface area contributed by atoms with E-state index in [-0.39, 0.29) is 5.75 Å². The first kappa shape index (κ1) is 14.5. The van der Waals surface area contributed by atoms with Crippen LogP contribution < -0.4 is 10.1 Å². The third-order valence-electron chi connectivity index (χ3n) is 2.71. The Morgan fingerprint density at radius 2 is 2.15 bits per heavy atom. The second-order valence-electron chi connectivity index (χ2n) is 4.12. The average Bonchev–Trinajstić information content (AvgIpc) is 2.40. The van der Waals surface area contributed by atoms with Gasteiger partial charge in [-0.2, -0.15) is 8.78 Å². The van der Waals surface area contributed by atoms with Gasteiger partial charge in [-0.15, -0.1) is 0 Å². The summed E-state index contributed by atoms with van der Waals surface area (Å²) >= 11 is 5.88. The fourth-order valence-corrected chi connectivity index (χ4v) is 1.95. The molecular formula is C14H13ClF2N2O. The van der Waals surface area contributed by atoms with Crippen LogP contribution in [0.1, 0.15) is 11.3 Å². The highest BCUT2D eigenvalue weighted by Crippen LogP contribution is 2.25. The molecule has 1 N–H and O–H groups in total. The maximum Gasteiger partial charge on any atom is 0.387 e. The summed E-state index contributed by atoms with van der Waals surface area (Å²) in [5.41, 5.74) is 2.21. The maximum absolute atomic E-state index is 12.3. The van der Waals surface area contributed by atoms with E-state index >= 15 is 0 Å². The molecule has 1 aromatic heterocycles. The smallest absolute Gasteiger partial charge is 0.387 e. The minimum Gasteiger partial charge on any atom is -0.434 e. The Morgan fingerprint density at radius 1 is 1.35 bits per heavy atom. The maximum atomic E-state index is 12.3. The van der Waals surface area contributed by atoms with E-state index in [1.54, 1.807) is 18.3 Å². The van der Waals surface area contributed by atoms with Crippen LogP contribution in [0.3, 0.4) is 0 Å². The number of aryl methyl sites for hydroxylation is 1. The van der Waals surface area contributed by atoms with Gasteiger partial charge in [-0.25, -0.2) is 0 Å². The number of halogens is 3. The van der Waals surface area contributed by atoms with Gasteiger partial charge in [-0.3, -0.25) is 4.98 Å². The molecule has 0 spiro atoms. The van der Waals surface area contributed by atoms with E-state index in [2.05, 4.69) is 15.0 Å². The molecule has 0 atom stereocenters. The highest BCUT2D eigenvalue weighted by atomic mass is 35.5. The van der Waals surface area contributed by atoms with Gasteiger partial charge in [-0.05, 0) is 37.3 Å². The van der Waals surface area contributed by atoms with Crippen LogP contribution in [-0.4, -0.2) is 11.6 Å². The molecule has 1 aromatic carbocycles. The highest BCUT2D eigenvalue weighted by Gasteiger charge is 2.10. The zero-order valence-electron chi connectivity index (χ0n) is 10.7. The van der Waals surface area contributed by atoms with Gasteiger partial charge in [0.2, 0.25) is 0 Å². The van der Waals surface area contributed by atoms with Crippen molar-refractivity contribution in [3.8, 4) is 5.75 Å². The number of ether oxygens (including phenoxy) is 1. The van der Waals surface area contributed by atoms with Crippen molar-refractivity contribution in [2.24, 2.45) is 0 Å². The number of nitrogens with zero attached hydrogens (tertiary/aromatic N) is 1. The van der Waals surface area contributed by atoms with Crippen molar-refractivity contribution in [2.45, 2.75) is 20.1 Å². The van der Waals surface area contributed by atoms with Crippen molar-refractivity contribution >= 4 is 17.3 Å². The van der Waals surface area contributed by atoms with Crippen LogP contribution in [0, 0.1) is 6.92 Å². The predicted octanol–water partition coefficient (Wildman–Crippen LogP) is 4.26. The van der Waals surface area contributed by atoms with Gasteiger partial charge in [0.05, 0.1) is 11.4 Å². The van der Waals surface area contributed by atoms with E-state index < -0.39 is 6.61 Å². The van der Waals surface area contributed by atoms with E-state index in [9.17, 15) is 8.78 Å². The van der Waals surface area contributed by atoms with Crippen molar-refractivity contribution in [3.63, 3.8) is 0 Å². The van der Waals surface area contributed by atoms with Crippen LogP contribution in [0.4, 0.5) is 14.5 Å². The Morgan fingerprint density at radius 3 is 2.85 bits per heavy atom. The third kappa shape index (κ3) is 3.81. The molecule has 6 heteroatoms. The molecular weight excluding hydrogens is 286 g/mol. The van der Waals surface area contributed by atoms with Gasteiger partial charge in [0.15, 0.2) is 0 Å². The molecule has 2 rings (SSSR count). The first-order chi connectivity index (χ1) is 9.56. The molecule has 0 aliphatic heterocycles. The Kier molecular flexibility index (Phi) is 4.74. The summed E-state index contributed by atoms with van der Waals surface area (Å²) in [6, 6.07) is 8.20.